The molecule has 0 fully saturated rings. The van der Waals surface area contributed by atoms with Gasteiger partial charge >= 0.3 is 0 Å². The van der Waals surface area contributed by atoms with Crippen LogP contribution in [0.15, 0.2) is 30.3 Å². The van der Waals surface area contributed by atoms with Crippen LogP contribution in [0.3, 0.4) is 0 Å². The highest BCUT2D eigenvalue weighted by atomic mass is 15.1. The summed E-state index contributed by atoms with van der Waals surface area (Å²) in [6.07, 6.45) is 3.51. The number of nitrogens with two attached hydrogens (primary N) is 1. The average Bonchev–Trinajstić information content (AvgIpc) is 2.43. The van der Waals surface area contributed by atoms with Gasteiger partial charge in [-0.05, 0) is 51.0 Å². The van der Waals surface area contributed by atoms with E-state index in [9.17, 15) is 0 Å². The van der Waals surface area contributed by atoms with Crippen molar-refractivity contribution in [2.45, 2.75) is 40.0 Å². The SMILES string of the molecule is CCN(CC)CC.NCCCCc1ccccc1. The maximum absolute atomic E-state index is 5.39. The fourth-order valence-corrected chi connectivity index (χ4v) is 1.79. The maximum Gasteiger partial charge on any atom is -0.00474 e. The van der Waals surface area contributed by atoms with Crippen LogP contribution in [-0.4, -0.2) is 31.1 Å². The molecular formula is C16H30N2. The van der Waals surface area contributed by atoms with Crippen LogP contribution in [0.4, 0.5) is 0 Å². The van der Waals surface area contributed by atoms with Crippen molar-refractivity contribution in [1.82, 2.24) is 4.90 Å². The Labute approximate surface area is 113 Å². The summed E-state index contributed by atoms with van der Waals surface area (Å²) in [6.45, 7) is 10.9. The van der Waals surface area contributed by atoms with Crippen LogP contribution < -0.4 is 5.73 Å². The summed E-state index contributed by atoms with van der Waals surface area (Å²) in [7, 11) is 0. The van der Waals surface area contributed by atoms with Crippen molar-refractivity contribution < 1.29 is 0 Å². The molecule has 0 saturated carbocycles. The van der Waals surface area contributed by atoms with E-state index in [2.05, 4.69) is 49.9 Å². The molecule has 0 aromatic heterocycles. The minimum absolute atomic E-state index is 0.812. The van der Waals surface area contributed by atoms with Gasteiger partial charge in [0, 0.05) is 0 Å². The average molecular weight is 250 g/mol. The monoisotopic (exact) mass is 250 g/mol. The summed E-state index contributed by atoms with van der Waals surface area (Å²) >= 11 is 0. The van der Waals surface area contributed by atoms with Gasteiger partial charge < -0.3 is 10.6 Å². The molecule has 104 valence electrons. The first kappa shape index (κ1) is 17.1. The number of hydrogen-bond donors (Lipinski definition) is 1. The van der Waals surface area contributed by atoms with Crippen molar-refractivity contribution in [3.63, 3.8) is 0 Å². The predicted octanol–water partition coefficient (Wildman–Crippen LogP) is 3.32. The minimum Gasteiger partial charge on any atom is -0.330 e. The summed E-state index contributed by atoms with van der Waals surface area (Å²) < 4.78 is 0. The second kappa shape index (κ2) is 12.6. The molecule has 0 spiro atoms. The molecule has 2 heteroatoms. The van der Waals surface area contributed by atoms with Crippen LogP contribution in [0.25, 0.3) is 0 Å². The third kappa shape index (κ3) is 9.20. The first-order valence-corrected chi connectivity index (χ1v) is 7.24. The van der Waals surface area contributed by atoms with E-state index in [0.717, 1.165) is 19.4 Å². The first-order valence-electron chi connectivity index (χ1n) is 7.24. The van der Waals surface area contributed by atoms with Crippen LogP contribution in [0.5, 0.6) is 0 Å². The summed E-state index contributed by atoms with van der Waals surface area (Å²) in [5.41, 5.74) is 6.81. The molecule has 0 saturated heterocycles. The van der Waals surface area contributed by atoms with E-state index >= 15 is 0 Å². The first-order chi connectivity index (χ1) is 8.78. The fourth-order valence-electron chi connectivity index (χ4n) is 1.79. The van der Waals surface area contributed by atoms with Gasteiger partial charge in [0.15, 0.2) is 0 Å². The van der Waals surface area contributed by atoms with E-state index in [4.69, 9.17) is 5.73 Å². The Morgan fingerprint density at radius 3 is 1.83 bits per heavy atom. The molecule has 0 aliphatic rings. The molecule has 18 heavy (non-hydrogen) atoms. The van der Waals surface area contributed by atoms with Crippen molar-refractivity contribution >= 4 is 0 Å². The van der Waals surface area contributed by atoms with Crippen molar-refractivity contribution in [3.05, 3.63) is 35.9 Å². The van der Waals surface area contributed by atoms with E-state index in [1.807, 2.05) is 6.07 Å². The zero-order chi connectivity index (χ0) is 13.6. The number of unbranched alkanes of at least 4 members (excludes halogenated alkanes) is 1. The van der Waals surface area contributed by atoms with Crippen molar-refractivity contribution in [1.29, 1.82) is 0 Å². The second-order valence-corrected chi connectivity index (χ2v) is 4.35. The molecule has 0 atom stereocenters. The van der Waals surface area contributed by atoms with Gasteiger partial charge in [-0.3, -0.25) is 0 Å². The van der Waals surface area contributed by atoms with Crippen molar-refractivity contribution in [2.75, 3.05) is 26.2 Å². The summed E-state index contributed by atoms with van der Waals surface area (Å²) in [5, 5.41) is 0. The molecule has 2 nitrogen and oxygen atoms in total. The van der Waals surface area contributed by atoms with Crippen LogP contribution in [-0.2, 0) is 6.42 Å². The van der Waals surface area contributed by atoms with Crippen LogP contribution in [0.1, 0.15) is 39.2 Å². The molecule has 0 amide bonds. The molecule has 0 aliphatic carbocycles. The lowest BCUT2D eigenvalue weighted by molar-refractivity contribution is 0.321. The highest BCUT2D eigenvalue weighted by molar-refractivity contribution is 5.14. The lowest BCUT2D eigenvalue weighted by Gasteiger charge is -2.13. The molecule has 1 aromatic rings. The molecule has 0 aliphatic heterocycles. The molecular weight excluding hydrogens is 220 g/mol. The fraction of sp³-hybridized carbons (Fsp3) is 0.625. The van der Waals surface area contributed by atoms with Gasteiger partial charge in [0.25, 0.3) is 0 Å². The van der Waals surface area contributed by atoms with Crippen molar-refractivity contribution in [2.24, 2.45) is 5.73 Å². The summed E-state index contributed by atoms with van der Waals surface area (Å²) in [4.78, 5) is 2.38. The van der Waals surface area contributed by atoms with Gasteiger partial charge in [-0.25, -0.2) is 0 Å². The Hall–Kier alpha value is -0.860. The highest BCUT2D eigenvalue weighted by Gasteiger charge is 1.90. The third-order valence-electron chi connectivity index (χ3n) is 3.10. The standard InChI is InChI=1S/C10H15N.C6H15N/c11-9-5-4-8-10-6-2-1-3-7-10;1-4-7(5-2)6-3/h1-3,6-7H,4-5,8-9,11H2;4-6H2,1-3H3. The zero-order valence-corrected chi connectivity index (χ0v) is 12.4. The molecule has 0 radical (unpaired) electrons. The van der Waals surface area contributed by atoms with Gasteiger partial charge in [0.1, 0.15) is 0 Å². The van der Waals surface area contributed by atoms with Gasteiger partial charge in [-0.1, -0.05) is 51.1 Å². The largest absolute Gasteiger partial charge is 0.330 e. The number of rotatable bonds is 7. The lowest BCUT2D eigenvalue weighted by atomic mass is 10.1. The normalized spacial score (nSPS) is 10.1. The Kier molecular flexibility index (Phi) is 12.0. The quantitative estimate of drug-likeness (QED) is 0.752. The zero-order valence-electron chi connectivity index (χ0n) is 12.4. The van der Waals surface area contributed by atoms with Crippen LogP contribution >= 0.6 is 0 Å². The molecule has 1 aromatic carbocycles. The molecule has 0 bridgehead atoms. The van der Waals surface area contributed by atoms with E-state index in [0.29, 0.717) is 0 Å². The van der Waals surface area contributed by atoms with E-state index in [-0.39, 0.29) is 0 Å². The number of aryl methyl sites for hydroxylation is 1. The Balaban J connectivity index is 0.000000360. The van der Waals surface area contributed by atoms with Gasteiger partial charge in [0.2, 0.25) is 0 Å². The van der Waals surface area contributed by atoms with Gasteiger partial charge in [-0.15, -0.1) is 0 Å². The highest BCUT2D eigenvalue weighted by Crippen LogP contribution is 2.03. The Morgan fingerprint density at radius 1 is 0.889 bits per heavy atom. The molecule has 2 N–H and O–H groups in total. The van der Waals surface area contributed by atoms with Gasteiger partial charge in [-0.2, -0.15) is 0 Å². The third-order valence-corrected chi connectivity index (χ3v) is 3.10. The summed E-state index contributed by atoms with van der Waals surface area (Å²) in [5.74, 6) is 0. The molecule has 0 unspecified atom stereocenters. The van der Waals surface area contributed by atoms with E-state index in [1.165, 1.54) is 31.6 Å². The van der Waals surface area contributed by atoms with Crippen LogP contribution in [0, 0.1) is 0 Å². The topological polar surface area (TPSA) is 29.3 Å². The molecule has 0 heterocycles. The number of benzene rings is 1. The van der Waals surface area contributed by atoms with Gasteiger partial charge in [0.05, 0.1) is 0 Å². The van der Waals surface area contributed by atoms with Crippen molar-refractivity contribution in [3.8, 4) is 0 Å². The lowest BCUT2D eigenvalue weighted by Crippen LogP contribution is -2.21. The Morgan fingerprint density at radius 2 is 1.44 bits per heavy atom. The number of hydrogen-bond acceptors (Lipinski definition) is 2. The second-order valence-electron chi connectivity index (χ2n) is 4.35. The minimum atomic E-state index is 0.812. The summed E-state index contributed by atoms with van der Waals surface area (Å²) in [6, 6.07) is 10.5. The van der Waals surface area contributed by atoms with E-state index in [1.54, 1.807) is 0 Å². The van der Waals surface area contributed by atoms with Crippen LogP contribution in [0.2, 0.25) is 0 Å². The Bertz CT molecular complexity index is 250. The smallest absolute Gasteiger partial charge is 0.00474 e. The predicted molar refractivity (Wildman–Crippen MR) is 81.9 cm³/mol. The molecule has 1 rings (SSSR count). The number of nitrogens with zero attached hydrogens (tertiary/aromatic N) is 1. The van der Waals surface area contributed by atoms with E-state index < -0.39 is 0 Å². The maximum atomic E-state index is 5.39.